The molecule has 8 nitrogen and oxygen atoms in total. The van der Waals surface area contributed by atoms with Crippen molar-refractivity contribution in [3.63, 3.8) is 0 Å². The number of ether oxygens (including phenoxy) is 2. The maximum Gasteiger partial charge on any atom is 0.414 e. The molecule has 0 bridgehead atoms. The number of carbonyl (C=O) groups is 4. The van der Waals surface area contributed by atoms with Crippen LogP contribution in [0.15, 0.2) is 72.8 Å². The minimum Gasteiger partial charge on any atom is -0.451 e. The minimum atomic E-state index is -0.918. The Kier molecular flexibility index (Phi) is 8.01. The summed E-state index contributed by atoms with van der Waals surface area (Å²) in [5, 5.41) is 1.84. The topological polar surface area (TPSA) is 102 Å². The van der Waals surface area contributed by atoms with Crippen molar-refractivity contribution in [3.8, 4) is 0 Å². The van der Waals surface area contributed by atoms with E-state index in [0.717, 1.165) is 11.1 Å². The number of esters is 1. The molecule has 0 saturated carbocycles. The van der Waals surface area contributed by atoms with Gasteiger partial charge in [-0.2, -0.15) is 0 Å². The number of thioether (sulfide) groups is 1. The van der Waals surface area contributed by atoms with Gasteiger partial charge < -0.3 is 14.4 Å². The number of amides is 3. The molecule has 2 aliphatic rings. The Morgan fingerprint density at radius 1 is 1.14 bits per heavy atom. The predicted octanol–water partition coefficient (Wildman–Crippen LogP) is 3.80. The van der Waals surface area contributed by atoms with Gasteiger partial charge in [0.15, 0.2) is 6.10 Å². The van der Waals surface area contributed by atoms with Crippen LogP contribution in [-0.4, -0.2) is 57.4 Å². The van der Waals surface area contributed by atoms with E-state index in [1.54, 1.807) is 17.1 Å². The first-order valence-electron chi connectivity index (χ1n) is 11.3. The molecule has 0 aliphatic carbocycles. The first kappa shape index (κ1) is 25.8. The number of nitrogens with one attached hydrogen (secondary N) is 1. The molecule has 2 aromatic carbocycles. The van der Waals surface area contributed by atoms with Gasteiger partial charge in [-0.1, -0.05) is 66.7 Å². The van der Waals surface area contributed by atoms with Crippen LogP contribution in [0.4, 0.5) is 4.79 Å². The standard InChI is InChI=1S/C26H25ClN2O6S/c1-26(13-8-14-34-25(33)28-19(30)16-27)23(29-20(31)15-21(29)36-26)24(32)35-22(17-9-4-2-5-10-17)18-11-6-3-7-12-18/h2-13,21-23H,14-16H2,1H3,(H,28,30,33)/t21-,23+,26+/m1/s1. The number of hydrogen-bond donors (Lipinski definition) is 1. The summed E-state index contributed by atoms with van der Waals surface area (Å²) < 4.78 is 10.2. The Morgan fingerprint density at radius 3 is 2.31 bits per heavy atom. The van der Waals surface area contributed by atoms with Gasteiger partial charge in [-0.25, -0.2) is 9.59 Å². The molecular weight excluding hydrogens is 504 g/mol. The van der Waals surface area contributed by atoms with Gasteiger partial charge in [0.05, 0.1) is 16.5 Å². The number of carbonyl (C=O) groups excluding carboxylic acids is 4. The summed E-state index contributed by atoms with van der Waals surface area (Å²) in [7, 11) is 0. The molecule has 188 valence electrons. The first-order chi connectivity index (χ1) is 17.3. The molecule has 2 fully saturated rings. The van der Waals surface area contributed by atoms with E-state index in [2.05, 4.69) is 0 Å². The van der Waals surface area contributed by atoms with Crippen LogP contribution in [0, 0.1) is 0 Å². The van der Waals surface area contributed by atoms with Crippen LogP contribution in [0.2, 0.25) is 0 Å². The number of imide groups is 1. The summed E-state index contributed by atoms with van der Waals surface area (Å²) >= 11 is 6.84. The third-order valence-electron chi connectivity index (χ3n) is 5.94. The monoisotopic (exact) mass is 528 g/mol. The average molecular weight is 529 g/mol. The molecule has 3 atom stereocenters. The Labute approximate surface area is 218 Å². The second-order valence-electron chi connectivity index (χ2n) is 8.48. The van der Waals surface area contributed by atoms with Crippen LogP contribution in [0.25, 0.3) is 0 Å². The molecular formula is C26H25ClN2O6S. The number of β-lactam (4-membered cyclic amide) rings is 1. The van der Waals surface area contributed by atoms with Crippen LogP contribution in [0.5, 0.6) is 0 Å². The Balaban J connectivity index is 1.52. The fraction of sp³-hybridized carbons (Fsp3) is 0.308. The molecule has 0 spiro atoms. The highest BCUT2D eigenvalue weighted by Crippen LogP contribution is 2.52. The van der Waals surface area contributed by atoms with Crippen molar-refractivity contribution in [2.45, 2.75) is 35.6 Å². The molecule has 0 radical (unpaired) electrons. The zero-order chi connectivity index (χ0) is 25.7. The summed E-state index contributed by atoms with van der Waals surface area (Å²) in [5.74, 6) is -1.66. The van der Waals surface area contributed by atoms with Gasteiger partial charge in [0.1, 0.15) is 18.5 Å². The molecule has 2 saturated heterocycles. The van der Waals surface area contributed by atoms with Crippen LogP contribution in [0.1, 0.15) is 30.6 Å². The maximum atomic E-state index is 13.6. The molecule has 36 heavy (non-hydrogen) atoms. The normalized spacial score (nSPS) is 22.8. The Bertz CT molecular complexity index is 1120. The molecule has 3 amide bonds. The van der Waals surface area contributed by atoms with E-state index in [1.807, 2.05) is 72.9 Å². The van der Waals surface area contributed by atoms with Crippen molar-refractivity contribution in [2.75, 3.05) is 12.5 Å². The lowest BCUT2D eigenvalue weighted by Gasteiger charge is -2.38. The average Bonchev–Trinajstić information content (AvgIpc) is 3.13. The van der Waals surface area contributed by atoms with E-state index in [-0.39, 0.29) is 23.8 Å². The fourth-order valence-electron chi connectivity index (χ4n) is 4.28. The third-order valence-corrected chi connectivity index (χ3v) is 7.72. The highest BCUT2D eigenvalue weighted by atomic mass is 35.5. The third kappa shape index (κ3) is 5.57. The van der Waals surface area contributed by atoms with Gasteiger partial charge in [0.2, 0.25) is 11.8 Å². The zero-order valence-electron chi connectivity index (χ0n) is 19.5. The number of benzene rings is 2. The van der Waals surface area contributed by atoms with E-state index in [9.17, 15) is 19.2 Å². The van der Waals surface area contributed by atoms with E-state index in [4.69, 9.17) is 21.1 Å². The summed E-state index contributed by atoms with van der Waals surface area (Å²) in [6.45, 7) is 1.72. The van der Waals surface area contributed by atoms with E-state index in [1.165, 1.54) is 11.8 Å². The largest absolute Gasteiger partial charge is 0.451 e. The van der Waals surface area contributed by atoms with Crippen LogP contribution in [-0.2, 0) is 23.9 Å². The van der Waals surface area contributed by atoms with Crippen LogP contribution < -0.4 is 5.32 Å². The minimum absolute atomic E-state index is 0.113. The summed E-state index contributed by atoms with van der Waals surface area (Å²) in [6, 6.07) is 18.0. The number of alkyl halides is 1. The Hall–Kier alpha value is -3.30. The molecule has 10 heteroatoms. The lowest BCUT2D eigenvalue weighted by molar-refractivity contribution is -0.163. The van der Waals surface area contributed by atoms with Gasteiger partial charge in [0, 0.05) is 0 Å². The predicted molar refractivity (Wildman–Crippen MR) is 135 cm³/mol. The van der Waals surface area contributed by atoms with Crippen molar-refractivity contribution >= 4 is 47.2 Å². The Morgan fingerprint density at radius 2 is 1.75 bits per heavy atom. The highest BCUT2D eigenvalue weighted by molar-refractivity contribution is 8.01. The van der Waals surface area contributed by atoms with Gasteiger partial charge in [-0.15, -0.1) is 23.4 Å². The van der Waals surface area contributed by atoms with Gasteiger partial charge >= 0.3 is 12.1 Å². The summed E-state index contributed by atoms with van der Waals surface area (Å²) in [4.78, 5) is 50.5. The first-order valence-corrected chi connectivity index (χ1v) is 12.7. The van der Waals surface area contributed by atoms with Gasteiger partial charge in [-0.05, 0) is 24.1 Å². The van der Waals surface area contributed by atoms with Crippen molar-refractivity contribution in [3.05, 3.63) is 83.9 Å². The van der Waals surface area contributed by atoms with Crippen molar-refractivity contribution in [1.82, 2.24) is 10.2 Å². The molecule has 0 aromatic heterocycles. The van der Waals surface area contributed by atoms with E-state index in [0.29, 0.717) is 6.42 Å². The molecule has 2 aliphatic heterocycles. The summed E-state index contributed by atoms with van der Waals surface area (Å²) in [5.41, 5.74) is 1.63. The van der Waals surface area contributed by atoms with Crippen molar-refractivity contribution in [1.29, 1.82) is 0 Å². The molecule has 2 aromatic rings. The number of nitrogens with zero attached hydrogens (tertiary/aromatic N) is 1. The number of fused-ring (bicyclic) bond motifs is 1. The van der Waals surface area contributed by atoms with Crippen molar-refractivity contribution in [2.24, 2.45) is 0 Å². The SMILES string of the molecule is C[C@@]1(C=CCOC(=O)NC(=O)CCl)S[C@@H]2CC(=O)N2[C@H]1C(=O)OC(c1ccccc1)c1ccccc1. The second kappa shape index (κ2) is 11.2. The van der Waals surface area contributed by atoms with Crippen molar-refractivity contribution < 1.29 is 28.7 Å². The van der Waals surface area contributed by atoms with Gasteiger partial charge in [0.25, 0.3) is 0 Å². The number of alkyl carbamates (subject to hydrolysis) is 1. The molecule has 2 heterocycles. The number of hydrogen-bond acceptors (Lipinski definition) is 7. The van der Waals surface area contributed by atoms with E-state index < -0.39 is 34.9 Å². The molecule has 1 N–H and O–H groups in total. The lowest BCUT2D eigenvalue weighted by atomic mass is 9.95. The zero-order valence-corrected chi connectivity index (χ0v) is 21.0. The molecule has 4 rings (SSSR count). The number of rotatable bonds is 8. The smallest absolute Gasteiger partial charge is 0.414 e. The fourth-order valence-corrected chi connectivity index (χ4v) is 6.02. The summed E-state index contributed by atoms with van der Waals surface area (Å²) in [6.07, 6.45) is 2.11. The van der Waals surface area contributed by atoms with Crippen LogP contribution >= 0.6 is 23.4 Å². The van der Waals surface area contributed by atoms with E-state index >= 15 is 0 Å². The molecule has 0 unspecified atom stereocenters. The van der Waals surface area contributed by atoms with Crippen LogP contribution in [0.3, 0.4) is 0 Å². The lowest BCUT2D eigenvalue weighted by Crippen LogP contribution is -2.57. The second-order valence-corrected chi connectivity index (χ2v) is 10.4. The maximum absolute atomic E-state index is 13.6. The van der Waals surface area contributed by atoms with Gasteiger partial charge in [-0.3, -0.25) is 14.9 Å². The highest BCUT2D eigenvalue weighted by Gasteiger charge is 2.60. The number of halogens is 1. The quantitative estimate of drug-likeness (QED) is 0.241.